The molecular formula is C11H15NO2. The van der Waals surface area contributed by atoms with Crippen LogP contribution in [0.4, 0.5) is 0 Å². The summed E-state index contributed by atoms with van der Waals surface area (Å²) in [6.07, 6.45) is 1.90. The smallest absolute Gasteiger partial charge is 0.0719 e. The molecule has 0 bridgehead atoms. The molecule has 0 amide bonds. The van der Waals surface area contributed by atoms with E-state index < -0.39 is 0 Å². The van der Waals surface area contributed by atoms with Crippen LogP contribution in [0.2, 0.25) is 0 Å². The zero-order valence-corrected chi connectivity index (χ0v) is 8.16. The van der Waals surface area contributed by atoms with Crippen LogP contribution < -0.4 is 5.90 Å². The molecule has 3 heteroatoms. The summed E-state index contributed by atoms with van der Waals surface area (Å²) in [4.78, 5) is 4.61. The van der Waals surface area contributed by atoms with E-state index in [0.29, 0.717) is 6.61 Å². The highest BCUT2D eigenvalue weighted by molar-refractivity contribution is 5.36. The fourth-order valence-corrected chi connectivity index (χ4v) is 1.90. The van der Waals surface area contributed by atoms with Crippen molar-refractivity contribution in [1.29, 1.82) is 0 Å². The second kappa shape index (κ2) is 4.55. The predicted octanol–water partition coefficient (Wildman–Crippen LogP) is 1.19. The fourth-order valence-electron chi connectivity index (χ4n) is 1.90. The van der Waals surface area contributed by atoms with Gasteiger partial charge < -0.3 is 9.57 Å². The zero-order chi connectivity index (χ0) is 9.80. The van der Waals surface area contributed by atoms with Gasteiger partial charge in [0.05, 0.1) is 19.8 Å². The third-order valence-electron chi connectivity index (χ3n) is 2.61. The second-order valence-corrected chi connectivity index (χ2v) is 3.48. The molecule has 0 fully saturated rings. The van der Waals surface area contributed by atoms with Gasteiger partial charge in [-0.15, -0.1) is 0 Å². The first-order chi connectivity index (χ1) is 6.92. The maximum absolute atomic E-state index is 5.40. The minimum atomic E-state index is 0.581. The molecule has 0 saturated heterocycles. The number of hydrogen-bond donors (Lipinski definition) is 1. The van der Waals surface area contributed by atoms with Crippen LogP contribution in [0, 0.1) is 0 Å². The van der Waals surface area contributed by atoms with E-state index in [4.69, 9.17) is 10.6 Å². The van der Waals surface area contributed by atoms with Crippen LogP contribution in [-0.4, -0.2) is 13.2 Å². The number of nitrogens with two attached hydrogens (primary N) is 1. The lowest BCUT2D eigenvalue weighted by molar-refractivity contribution is 0.109. The third kappa shape index (κ3) is 1.95. The average molecular weight is 193 g/mol. The van der Waals surface area contributed by atoms with Crippen molar-refractivity contribution < 1.29 is 9.57 Å². The van der Waals surface area contributed by atoms with Crippen molar-refractivity contribution in [2.45, 2.75) is 19.4 Å². The summed E-state index contributed by atoms with van der Waals surface area (Å²) in [5.74, 6) is 5.03. The van der Waals surface area contributed by atoms with Crippen molar-refractivity contribution in [3.63, 3.8) is 0 Å². The normalized spacial score (nSPS) is 15.2. The van der Waals surface area contributed by atoms with Crippen LogP contribution in [0.1, 0.15) is 16.7 Å². The number of hydrogen-bond acceptors (Lipinski definition) is 3. The van der Waals surface area contributed by atoms with E-state index in [0.717, 1.165) is 26.1 Å². The van der Waals surface area contributed by atoms with Gasteiger partial charge in [-0.1, -0.05) is 18.2 Å². The van der Waals surface area contributed by atoms with Gasteiger partial charge in [-0.05, 0) is 29.5 Å². The molecule has 0 aliphatic carbocycles. The van der Waals surface area contributed by atoms with Crippen LogP contribution in [0.25, 0.3) is 0 Å². The molecule has 0 radical (unpaired) electrons. The molecule has 1 heterocycles. The lowest BCUT2D eigenvalue weighted by Gasteiger charge is -2.19. The van der Waals surface area contributed by atoms with Gasteiger partial charge in [0.1, 0.15) is 0 Å². The summed E-state index contributed by atoms with van der Waals surface area (Å²) in [6.45, 7) is 2.15. The standard InChI is InChI=1S/C11H15NO2/c12-14-7-4-9-2-1-3-10-8-13-6-5-11(9)10/h1-3H,4-8,12H2. The summed E-state index contributed by atoms with van der Waals surface area (Å²) in [6, 6.07) is 6.34. The van der Waals surface area contributed by atoms with Crippen LogP contribution in [-0.2, 0) is 29.0 Å². The maximum atomic E-state index is 5.40. The number of benzene rings is 1. The van der Waals surface area contributed by atoms with Gasteiger partial charge in [-0.25, -0.2) is 5.90 Å². The number of rotatable bonds is 3. The molecule has 1 aliphatic rings. The molecule has 2 rings (SSSR count). The molecule has 2 N–H and O–H groups in total. The molecular weight excluding hydrogens is 178 g/mol. The van der Waals surface area contributed by atoms with E-state index in [-0.39, 0.29) is 0 Å². The van der Waals surface area contributed by atoms with Crippen molar-refractivity contribution in [3.8, 4) is 0 Å². The highest BCUT2D eigenvalue weighted by atomic mass is 16.6. The van der Waals surface area contributed by atoms with Gasteiger partial charge in [0.25, 0.3) is 0 Å². The van der Waals surface area contributed by atoms with E-state index in [1.54, 1.807) is 0 Å². The van der Waals surface area contributed by atoms with Crippen molar-refractivity contribution in [2.24, 2.45) is 5.90 Å². The molecule has 3 nitrogen and oxygen atoms in total. The van der Waals surface area contributed by atoms with Crippen LogP contribution in [0.15, 0.2) is 18.2 Å². The Hall–Kier alpha value is -0.900. The quantitative estimate of drug-likeness (QED) is 0.733. The monoisotopic (exact) mass is 193 g/mol. The topological polar surface area (TPSA) is 44.5 Å². The Kier molecular flexibility index (Phi) is 3.14. The first-order valence-corrected chi connectivity index (χ1v) is 4.91. The lowest BCUT2D eigenvalue weighted by Crippen LogP contribution is -2.13. The Labute approximate surface area is 83.8 Å². The molecule has 0 saturated carbocycles. The summed E-state index contributed by atoms with van der Waals surface area (Å²) in [7, 11) is 0. The average Bonchev–Trinajstić information content (AvgIpc) is 2.26. The maximum Gasteiger partial charge on any atom is 0.0719 e. The predicted molar refractivity (Wildman–Crippen MR) is 53.6 cm³/mol. The Balaban J connectivity index is 2.21. The minimum Gasteiger partial charge on any atom is -0.376 e. The van der Waals surface area contributed by atoms with Gasteiger partial charge in [-0.3, -0.25) is 0 Å². The molecule has 1 aliphatic heterocycles. The molecule has 0 atom stereocenters. The van der Waals surface area contributed by atoms with Crippen molar-refractivity contribution in [2.75, 3.05) is 13.2 Å². The minimum absolute atomic E-state index is 0.581. The van der Waals surface area contributed by atoms with Gasteiger partial charge in [0.2, 0.25) is 0 Å². The largest absolute Gasteiger partial charge is 0.376 e. The van der Waals surface area contributed by atoms with E-state index in [2.05, 4.69) is 23.0 Å². The highest BCUT2D eigenvalue weighted by Crippen LogP contribution is 2.21. The van der Waals surface area contributed by atoms with Crippen molar-refractivity contribution in [1.82, 2.24) is 0 Å². The van der Waals surface area contributed by atoms with E-state index in [1.165, 1.54) is 16.7 Å². The van der Waals surface area contributed by atoms with Crippen LogP contribution >= 0.6 is 0 Å². The van der Waals surface area contributed by atoms with Crippen molar-refractivity contribution in [3.05, 3.63) is 34.9 Å². The molecule has 0 unspecified atom stereocenters. The highest BCUT2D eigenvalue weighted by Gasteiger charge is 2.12. The Morgan fingerprint density at radius 3 is 3.21 bits per heavy atom. The van der Waals surface area contributed by atoms with E-state index >= 15 is 0 Å². The summed E-state index contributed by atoms with van der Waals surface area (Å²) in [5.41, 5.74) is 4.08. The number of fused-ring (bicyclic) bond motifs is 1. The molecule has 76 valence electrons. The molecule has 1 aromatic carbocycles. The van der Waals surface area contributed by atoms with E-state index in [1.807, 2.05) is 0 Å². The first kappa shape index (κ1) is 9.65. The lowest BCUT2D eigenvalue weighted by atomic mass is 9.96. The van der Waals surface area contributed by atoms with Crippen LogP contribution in [0.5, 0.6) is 0 Å². The third-order valence-corrected chi connectivity index (χ3v) is 2.61. The Bertz CT molecular complexity index is 312. The molecule has 0 spiro atoms. The molecule has 1 aromatic rings. The Morgan fingerprint density at radius 1 is 1.43 bits per heavy atom. The zero-order valence-electron chi connectivity index (χ0n) is 8.16. The summed E-state index contributed by atoms with van der Waals surface area (Å²) >= 11 is 0. The second-order valence-electron chi connectivity index (χ2n) is 3.48. The molecule has 14 heavy (non-hydrogen) atoms. The van der Waals surface area contributed by atoms with Gasteiger partial charge in [-0.2, -0.15) is 0 Å². The van der Waals surface area contributed by atoms with Crippen LogP contribution in [0.3, 0.4) is 0 Å². The first-order valence-electron chi connectivity index (χ1n) is 4.91. The molecule has 0 aromatic heterocycles. The number of ether oxygens (including phenoxy) is 1. The fraction of sp³-hybridized carbons (Fsp3) is 0.455. The SMILES string of the molecule is NOCCc1cccc2c1CCOC2. The van der Waals surface area contributed by atoms with Gasteiger partial charge in [0.15, 0.2) is 0 Å². The summed E-state index contributed by atoms with van der Waals surface area (Å²) in [5, 5.41) is 0. The van der Waals surface area contributed by atoms with E-state index in [9.17, 15) is 0 Å². The summed E-state index contributed by atoms with van der Waals surface area (Å²) < 4.78 is 5.40. The Morgan fingerprint density at radius 2 is 2.36 bits per heavy atom. The van der Waals surface area contributed by atoms with Gasteiger partial charge in [0, 0.05) is 0 Å². The van der Waals surface area contributed by atoms with Gasteiger partial charge >= 0.3 is 0 Å². The van der Waals surface area contributed by atoms with Crippen molar-refractivity contribution >= 4 is 0 Å².